The Labute approximate surface area is 172 Å². The van der Waals surface area contributed by atoms with Gasteiger partial charge >= 0.3 is 5.97 Å². The van der Waals surface area contributed by atoms with Gasteiger partial charge < -0.3 is 10.1 Å². The highest BCUT2D eigenvalue weighted by molar-refractivity contribution is 6.24. The van der Waals surface area contributed by atoms with Crippen LogP contribution in [0.1, 0.15) is 60.2 Å². The van der Waals surface area contributed by atoms with Gasteiger partial charge in [0.25, 0.3) is 23.4 Å². The molecule has 1 heterocycles. The minimum atomic E-state index is -1.10. The Morgan fingerprint density at radius 2 is 1.97 bits per heavy atom. The van der Waals surface area contributed by atoms with Crippen LogP contribution in [0.25, 0.3) is 0 Å². The number of carbonyl (C=O) groups excluding carboxylic acids is 4. The molecule has 3 atom stereocenters. The second-order valence-corrected chi connectivity index (χ2v) is 7.66. The lowest BCUT2D eigenvalue weighted by Gasteiger charge is -2.30. The van der Waals surface area contributed by atoms with E-state index in [-0.39, 0.29) is 17.2 Å². The Kier molecular flexibility index (Phi) is 6.14. The molecule has 0 radical (unpaired) electrons. The lowest BCUT2D eigenvalue weighted by atomic mass is 9.86. The number of ether oxygens (including phenoxy) is 1. The third-order valence-corrected chi connectivity index (χ3v) is 5.58. The van der Waals surface area contributed by atoms with E-state index in [1.54, 1.807) is 0 Å². The van der Waals surface area contributed by atoms with E-state index in [0.717, 1.165) is 31.7 Å². The zero-order valence-electron chi connectivity index (χ0n) is 16.8. The summed E-state index contributed by atoms with van der Waals surface area (Å²) in [5.74, 6) is -2.82. The van der Waals surface area contributed by atoms with Gasteiger partial charge in [0, 0.05) is 12.1 Å². The Balaban J connectivity index is 1.61. The molecule has 1 saturated carbocycles. The van der Waals surface area contributed by atoms with Crippen molar-refractivity contribution in [3.63, 3.8) is 0 Å². The van der Waals surface area contributed by atoms with Gasteiger partial charge in [0.15, 0.2) is 6.10 Å². The number of rotatable bonds is 6. The zero-order valence-corrected chi connectivity index (χ0v) is 16.8. The third kappa shape index (κ3) is 4.17. The summed E-state index contributed by atoms with van der Waals surface area (Å²) in [7, 11) is 0. The van der Waals surface area contributed by atoms with Crippen molar-refractivity contribution in [3.05, 3.63) is 39.4 Å². The SMILES string of the molecule is C[C@H](OC(=O)CN1C(=O)c2cccc([N+](=O)[O-])c2C1=O)C(=O)N[C@H]1CCCC[C@H]1C. The van der Waals surface area contributed by atoms with Crippen LogP contribution in [0.5, 0.6) is 0 Å². The number of fused-ring (bicyclic) bond motifs is 1. The molecule has 0 bridgehead atoms. The Bertz CT molecular complexity index is 914. The van der Waals surface area contributed by atoms with Crippen LogP contribution in [0.2, 0.25) is 0 Å². The summed E-state index contributed by atoms with van der Waals surface area (Å²) in [6.07, 6.45) is 2.93. The number of nitrogens with zero attached hydrogens (tertiary/aromatic N) is 2. The maximum atomic E-state index is 12.5. The molecule has 0 unspecified atom stereocenters. The predicted molar refractivity (Wildman–Crippen MR) is 104 cm³/mol. The summed E-state index contributed by atoms with van der Waals surface area (Å²) in [6, 6.07) is 3.71. The number of imide groups is 1. The summed E-state index contributed by atoms with van der Waals surface area (Å²) in [5, 5.41) is 14.0. The fraction of sp³-hybridized carbons (Fsp3) is 0.500. The van der Waals surface area contributed by atoms with Gasteiger partial charge in [-0.15, -0.1) is 0 Å². The molecule has 1 aliphatic carbocycles. The molecule has 3 rings (SSSR count). The number of esters is 1. The average molecular weight is 417 g/mol. The topological polar surface area (TPSA) is 136 Å². The maximum Gasteiger partial charge on any atom is 0.326 e. The van der Waals surface area contributed by atoms with Gasteiger partial charge in [0.1, 0.15) is 12.1 Å². The van der Waals surface area contributed by atoms with E-state index in [4.69, 9.17) is 4.74 Å². The first kappa shape index (κ1) is 21.4. The fourth-order valence-corrected chi connectivity index (χ4v) is 3.86. The number of nitro benzene ring substituents is 1. The molecule has 30 heavy (non-hydrogen) atoms. The van der Waals surface area contributed by atoms with Crippen LogP contribution >= 0.6 is 0 Å². The predicted octanol–water partition coefficient (Wildman–Crippen LogP) is 1.82. The Morgan fingerprint density at radius 1 is 1.27 bits per heavy atom. The minimum absolute atomic E-state index is 0.0178. The number of nitrogens with one attached hydrogen (secondary N) is 1. The van der Waals surface area contributed by atoms with Crippen LogP contribution in [-0.2, 0) is 14.3 Å². The molecular weight excluding hydrogens is 394 g/mol. The van der Waals surface area contributed by atoms with Crippen molar-refractivity contribution in [2.75, 3.05) is 6.54 Å². The lowest BCUT2D eigenvalue weighted by molar-refractivity contribution is -0.385. The first-order valence-corrected chi connectivity index (χ1v) is 9.84. The van der Waals surface area contributed by atoms with Crippen molar-refractivity contribution < 1.29 is 28.8 Å². The molecular formula is C20H23N3O7. The normalized spacial score (nSPS) is 21.7. The highest BCUT2D eigenvalue weighted by atomic mass is 16.6. The number of benzene rings is 1. The van der Waals surface area contributed by atoms with Gasteiger partial charge in [-0.1, -0.05) is 25.8 Å². The van der Waals surface area contributed by atoms with E-state index in [9.17, 15) is 29.3 Å². The smallest absolute Gasteiger partial charge is 0.326 e. The number of hydrogen-bond donors (Lipinski definition) is 1. The van der Waals surface area contributed by atoms with Crippen LogP contribution < -0.4 is 5.32 Å². The summed E-state index contributed by atoms with van der Waals surface area (Å²) in [6.45, 7) is 2.73. The summed E-state index contributed by atoms with van der Waals surface area (Å²) in [4.78, 5) is 60.5. The summed E-state index contributed by atoms with van der Waals surface area (Å²) < 4.78 is 5.09. The van der Waals surface area contributed by atoms with Crippen molar-refractivity contribution in [1.82, 2.24) is 10.2 Å². The van der Waals surface area contributed by atoms with E-state index in [0.29, 0.717) is 10.8 Å². The zero-order chi connectivity index (χ0) is 22.0. The standard InChI is InChI=1S/C20H23N3O7/c1-11-6-3-4-8-14(11)21-18(25)12(2)30-16(24)10-22-19(26)13-7-5-9-15(23(28)29)17(13)20(22)27/h5,7,9,11-12,14H,3-4,6,8,10H2,1-2H3,(H,21,25)/t11-,12+,14+/m1/s1. The molecule has 1 fully saturated rings. The van der Waals surface area contributed by atoms with Crippen LogP contribution in [-0.4, -0.2) is 52.2 Å². The highest BCUT2D eigenvalue weighted by Crippen LogP contribution is 2.30. The third-order valence-electron chi connectivity index (χ3n) is 5.58. The van der Waals surface area contributed by atoms with Crippen molar-refractivity contribution in [1.29, 1.82) is 0 Å². The van der Waals surface area contributed by atoms with Crippen LogP contribution in [0, 0.1) is 16.0 Å². The second-order valence-electron chi connectivity index (χ2n) is 7.66. The Morgan fingerprint density at radius 3 is 2.63 bits per heavy atom. The molecule has 1 aromatic carbocycles. The van der Waals surface area contributed by atoms with Crippen molar-refractivity contribution in [2.24, 2.45) is 5.92 Å². The van der Waals surface area contributed by atoms with Gasteiger partial charge in [-0.3, -0.25) is 34.2 Å². The lowest BCUT2D eigenvalue weighted by Crippen LogP contribution is -2.46. The number of nitro groups is 1. The summed E-state index contributed by atoms with van der Waals surface area (Å²) in [5.41, 5.74) is -0.993. The van der Waals surface area contributed by atoms with Crippen LogP contribution in [0.15, 0.2) is 18.2 Å². The molecule has 10 nitrogen and oxygen atoms in total. The molecule has 160 valence electrons. The number of carbonyl (C=O) groups is 4. The molecule has 0 spiro atoms. The van der Waals surface area contributed by atoms with Gasteiger partial charge in [0.05, 0.1) is 10.5 Å². The average Bonchev–Trinajstić information content (AvgIpc) is 2.94. The van der Waals surface area contributed by atoms with E-state index in [1.807, 2.05) is 0 Å². The molecule has 0 aromatic heterocycles. The molecule has 3 amide bonds. The molecule has 2 aliphatic rings. The minimum Gasteiger partial charge on any atom is -0.451 e. The molecule has 1 aromatic rings. The van der Waals surface area contributed by atoms with E-state index in [1.165, 1.54) is 19.1 Å². The van der Waals surface area contributed by atoms with Gasteiger partial charge in [-0.05, 0) is 31.7 Å². The number of amides is 3. The highest BCUT2D eigenvalue weighted by Gasteiger charge is 2.42. The van der Waals surface area contributed by atoms with E-state index >= 15 is 0 Å². The van der Waals surface area contributed by atoms with Gasteiger partial charge in [-0.2, -0.15) is 0 Å². The number of hydrogen-bond acceptors (Lipinski definition) is 7. The van der Waals surface area contributed by atoms with E-state index < -0.39 is 47.0 Å². The second kappa shape index (κ2) is 8.60. The van der Waals surface area contributed by atoms with Crippen molar-refractivity contribution in [3.8, 4) is 0 Å². The summed E-state index contributed by atoms with van der Waals surface area (Å²) >= 11 is 0. The maximum absolute atomic E-state index is 12.5. The molecule has 10 heteroatoms. The molecule has 1 aliphatic heterocycles. The molecule has 1 N–H and O–H groups in total. The van der Waals surface area contributed by atoms with Gasteiger partial charge in [-0.25, -0.2) is 0 Å². The van der Waals surface area contributed by atoms with Gasteiger partial charge in [0.2, 0.25) is 0 Å². The molecule has 0 saturated heterocycles. The quantitative estimate of drug-likeness (QED) is 0.323. The van der Waals surface area contributed by atoms with Crippen LogP contribution in [0.3, 0.4) is 0 Å². The van der Waals surface area contributed by atoms with Crippen molar-refractivity contribution >= 4 is 29.4 Å². The van der Waals surface area contributed by atoms with Crippen molar-refractivity contribution in [2.45, 2.75) is 51.7 Å². The Hall–Kier alpha value is -3.30. The monoisotopic (exact) mass is 417 g/mol. The first-order chi connectivity index (χ1) is 14.2. The van der Waals surface area contributed by atoms with Crippen LogP contribution in [0.4, 0.5) is 5.69 Å². The van der Waals surface area contributed by atoms with E-state index in [2.05, 4.69) is 12.2 Å². The largest absolute Gasteiger partial charge is 0.451 e. The fourth-order valence-electron chi connectivity index (χ4n) is 3.86. The first-order valence-electron chi connectivity index (χ1n) is 9.84.